The van der Waals surface area contributed by atoms with Crippen LogP contribution in [0.15, 0.2) is 41.1 Å². The minimum atomic E-state index is -2.83. The smallest absolute Gasteiger partial charge is 0.270 e. The Hall–Kier alpha value is -1.79. The summed E-state index contributed by atoms with van der Waals surface area (Å²) in [5, 5.41) is 4.50. The first kappa shape index (κ1) is 22.7. The number of hydrogen-bond donors (Lipinski definition) is 0. The lowest BCUT2D eigenvalue weighted by Crippen LogP contribution is -2.40. The van der Waals surface area contributed by atoms with Gasteiger partial charge < -0.3 is 4.90 Å². The molecular formula is C28H34F2N2OS. The molecule has 2 saturated carbocycles. The predicted molar refractivity (Wildman–Crippen MR) is 131 cm³/mol. The first-order chi connectivity index (χ1) is 16.4. The summed E-state index contributed by atoms with van der Waals surface area (Å²) in [7, 11) is 0. The number of benzene rings is 1. The van der Waals surface area contributed by atoms with Crippen molar-refractivity contribution in [1.82, 2.24) is 9.80 Å². The molecule has 3 nitrogen and oxygen atoms in total. The molecule has 3 heterocycles. The van der Waals surface area contributed by atoms with E-state index in [2.05, 4.69) is 21.7 Å². The van der Waals surface area contributed by atoms with Crippen LogP contribution in [0.2, 0.25) is 0 Å². The fourth-order valence-corrected chi connectivity index (χ4v) is 7.76. The Labute approximate surface area is 205 Å². The molecule has 6 heteroatoms. The van der Waals surface area contributed by atoms with Gasteiger partial charge in [0.25, 0.3) is 5.92 Å². The van der Waals surface area contributed by atoms with Crippen molar-refractivity contribution < 1.29 is 13.6 Å². The summed E-state index contributed by atoms with van der Waals surface area (Å²) in [6, 6.07) is 9.77. The second kappa shape index (κ2) is 8.70. The summed E-state index contributed by atoms with van der Waals surface area (Å²) < 4.78 is 27.5. The van der Waals surface area contributed by atoms with E-state index < -0.39 is 5.92 Å². The van der Waals surface area contributed by atoms with Crippen molar-refractivity contribution in [2.45, 2.75) is 62.8 Å². The van der Waals surface area contributed by atoms with E-state index in [-0.39, 0.29) is 17.4 Å². The van der Waals surface area contributed by atoms with Crippen LogP contribution in [0.3, 0.4) is 0 Å². The molecule has 0 bridgehead atoms. The van der Waals surface area contributed by atoms with Crippen LogP contribution in [0, 0.1) is 17.8 Å². The van der Waals surface area contributed by atoms with Crippen LogP contribution in [-0.2, 0) is 10.7 Å². The Kier molecular flexibility index (Phi) is 5.80. The SMILES string of the molecule is CC(F)(F)c1cccc(C2CCN(C(=O)C3[C@H]4CN(C5CCC(c6ccsc6)CC5)C[C@@H]34)C2)c1. The van der Waals surface area contributed by atoms with Crippen LogP contribution in [0.1, 0.15) is 67.6 Å². The molecule has 1 amide bonds. The number of hydrogen-bond acceptors (Lipinski definition) is 3. The molecule has 2 unspecified atom stereocenters. The van der Waals surface area contributed by atoms with Gasteiger partial charge in [0.1, 0.15) is 0 Å². The summed E-state index contributed by atoms with van der Waals surface area (Å²) in [6.07, 6.45) is 6.00. The molecule has 182 valence electrons. The van der Waals surface area contributed by atoms with Crippen molar-refractivity contribution in [1.29, 1.82) is 0 Å². The lowest BCUT2D eigenvalue weighted by molar-refractivity contribution is -0.132. The Balaban J connectivity index is 0.999. The van der Waals surface area contributed by atoms with Crippen LogP contribution >= 0.6 is 11.3 Å². The largest absolute Gasteiger partial charge is 0.342 e. The Morgan fingerprint density at radius 2 is 1.74 bits per heavy atom. The molecule has 6 rings (SSSR count). The van der Waals surface area contributed by atoms with Gasteiger partial charge in [0.05, 0.1) is 0 Å². The first-order valence-electron chi connectivity index (χ1n) is 12.9. The van der Waals surface area contributed by atoms with Gasteiger partial charge in [0, 0.05) is 56.5 Å². The number of alkyl halides is 2. The van der Waals surface area contributed by atoms with Gasteiger partial charge in [-0.15, -0.1) is 0 Å². The van der Waals surface area contributed by atoms with Gasteiger partial charge in [-0.3, -0.25) is 9.69 Å². The van der Waals surface area contributed by atoms with Crippen molar-refractivity contribution in [3.8, 4) is 0 Å². The topological polar surface area (TPSA) is 23.6 Å². The van der Waals surface area contributed by atoms with Crippen LogP contribution in [0.4, 0.5) is 8.78 Å². The summed E-state index contributed by atoms with van der Waals surface area (Å²) in [5.41, 5.74) is 2.53. The molecule has 2 aromatic rings. The number of rotatable bonds is 5. The number of fused-ring (bicyclic) bond motifs is 1. The Bertz CT molecular complexity index is 1020. The molecule has 34 heavy (non-hydrogen) atoms. The van der Waals surface area contributed by atoms with Crippen molar-refractivity contribution in [2.24, 2.45) is 17.8 Å². The average molecular weight is 485 g/mol. The fraction of sp³-hybridized carbons (Fsp3) is 0.607. The summed E-state index contributed by atoms with van der Waals surface area (Å²) in [5.74, 6) is -0.351. The van der Waals surface area contributed by atoms with E-state index in [1.54, 1.807) is 23.5 Å². The monoisotopic (exact) mass is 484 g/mol. The maximum absolute atomic E-state index is 13.8. The van der Waals surface area contributed by atoms with Gasteiger partial charge in [-0.05, 0) is 83.9 Å². The van der Waals surface area contributed by atoms with Crippen molar-refractivity contribution in [2.75, 3.05) is 26.2 Å². The zero-order valence-corrected chi connectivity index (χ0v) is 20.7. The molecule has 0 N–H and O–H groups in total. The highest BCUT2D eigenvalue weighted by Crippen LogP contribution is 2.54. The first-order valence-corrected chi connectivity index (χ1v) is 13.9. The number of amides is 1. The molecule has 1 aromatic heterocycles. The number of thiophene rings is 1. The highest BCUT2D eigenvalue weighted by molar-refractivity contribution is 7.08. The van der Waals surface area contributed by atoms with E-state index in [1.165, 1.54) is 37.3 Å². The van der Waals surface area contributed by atoms with Crippen LogP contribution in [-0.4, -0.2) is 47.9 Å². The Morgan fingerprint density at radius 1 is 0.971 bits per heavy atom. The van der Waals surface area contributed by atoms with E-state index in [0.717, 1.165) is 44.5 Å². The van der Waals surface area contributed by atoms with E-state index in [9.17, 15) is 13.6 Å². The third-order valence-electron chi connectivity index (χ3n) is 9.10. The molecule has 4 fully saturated rings. The molecular weight excluding hydrogens is 450 g/mol. The molecule has 2 aliphatic heterocycles. The minimum absolute atomic E-state index is 0.0657. The number of halogens is 2. The number of piperidine rings is 1. The maximum atomic E-state index is 13.8. The molecule has 4 atom stereocenters. The maximum Gasteiger partial charge on any atom is 0.270 e. The normalized spacial score (nSPS) is 33.8. The summed E-state index contributed by atoms with van der Waals surface area (Å²) in [6.45, 7) is 4.53. The number of nitrogens with zero attached hydrogens (tertiary/aromatic N) is 2. The lowest BCUT2D eigenvalue weighted by Gasteiger charge is -2.36. The van der Waals surface area contributed by atoms with E-state index in [1.807, 2.05) is 11.0 Å². The second-order valence-electron chi connectivity index (χ2n) is 11.2. The molecule has 1 aromatic carbocycles. The molecule has 2 aliphatic carbocycles. The van der Waals surface area contributed by atoms with E-state index in [0.29, 0.717) is 30.3 Å². The van der Waals surface area contributed by atoms with Crippen LogP contribution in [0.25, 0.3) is 0 Å². The Morgan fingerprint density at radius 3 is 2.41 bits per heavy atom. The fourth-order valence-electron chi connectivity index (χ4n) is 7.01. The second-order valence-corrected chi connectivity index (χ2v) is 11.9. The minimum Gasteiger partial charge on any atom is -0.342 e. The van der Waals surface area contributed by atoms with Gasteiger partial charge >= 0.3 is 0 Å². The summed E-state index contributed by atoms with van der Waals surface area (Å²) in [4.78, 5) is 18.0. The van der Waals surface area contributed by atoms with Crippen molar-refractivity contribution in [3.05, 3.63) is 57.8 Å². The molecule has 0 spiro atoms. The van der Waals surface area contributed by atoms with Crippen LogP contribution in [0.5, 0.6) is 0 Å². The van der Waals surface area contributed by atoms with Gasteiger partial charge in [-0.2, -0.15) is 11.3 Å². The average Bonchev–Trinajstić information content (AvgIpc) is 3.37. The lowest BCUT2D eigenvalue weighted by atomic mass is 9.82. The predicted octanol–water partition coefficient (Wildman–Crippen LogP) is 6.08. The highest BCUT2D eigenvalue weighted by Gasteiger charge is 2.61. The zero-order chi connectivity index (χ0) is 23.4. The zero-order valence-electron chi connectivity index (χ0n) is 19.8. The quantitative estimate of drug-likeness (QED) is 0.514. The number of carbonyl (C=O) groups is 1. The van der Waals surface area contributed by atoms with E-state index >= 15 is 0 Å². The van der Waals surface area contributed by atoms with Gasteiger partial charge in [-0.25, -0.2) is 8.78 Å². The van der Waals surface area contributed by atoms with E-state index in [4.69, 9.17) is 0 Å². The van der Waals surface area contributed by atoms with Gasteiger partial charge in [0.15, 0.2) is 0 Å². The molecule has 0 radical (unpaired) electrons. The highest BCUT2D eigenvalue weighted by atomic mass is 32.1. The molecule has 4 aliphatic rings. The van der Waals surface area contributed by atoms with Crippen LogP contribution < -0.4 is 0 Å². The number of likely N-dealkylation sites (tertiary alicyclic amines) is 2. The standard InChI is InChI=1S/C28H34F2N2OS/c1-28(29,30)22-4-2-3-19(13-22)20-9-11-31(14-20)27(33)26-24-15-32(16-25(24)26)23-7-5-18(6-8-23)21-10-12-34-17-21/h2-4,10,12-13,17-18,20,23-26H,5-9,11,14-16H2,1H3/t18?,20?,23?,24-,25+,26?. The summed E-state index contributed by atoms with van der Waals surface area (Å²) >= 11 is 1.80. The van der Waals surface area contributed by atoms with Crippen molar-refractivity contribution in [3.63, 3.8) is 0 Å². The van der Waals surface area contributed by atoms with Gasteiger partial charge in [0.2, 0.25) is 5.91 Å². The number of carbonyl (C=O) groups excluding carboxylic acids is 1. The molecule has 2 saturated heterocycles. The van der Waals surface area contributed by atoms with Gasteiger partial charge in [-0.1, -0.05) is 18.2 Å². The van der Waals surface area contributed by atoms with Crippen molar-refractivity contribution >= 4 is 17.2 Å². The third kappa shape index (κ3) is 4.21. The third-order valence-corrected chi connectivity index (χ3v) is 9.80.